The maximum absolute atomic E-state index is 12.3. The molecule has 0 aliphatic carbocycles. The lowest BCUT2D eigenvalue weighted by molar-refractivity contribution is 0.0954. The Kier molecular flexibility index (Phi) is 4.84. The molecule has 0 spiro atoms. The van der Waals surface area contributed by atoms with Crippen molar-refractivity contribution >= 4 is 16.9 Å². The van der Waals surface area contributed by atoms with Gasteiger partial charge in [0.1, 0.15) is 0 Å². The van der Waals surface area contributed by atoms with Crippen LogP contribution in [-0.2, 0) is 19.3 Å². The summed E-state index contributed by atoms with van der Waals surface area (Å²) in [5.74, 6) is -0.101. The highest BCUT2D eigenvalue weighted by molar-refractivity contribution is 5.97. The van der Waals surface area contributed by atoms with Crippen molar-refractivity contribution in [1.29, 1.82) is 0 Å². The molecule has 0 saturated carbocycles. The van der Waals surface area contributed by atoms with Crippen LogP contribution in [0.1, 0.15) is 41.3 Å². The maximum Gasteiger partial charge on any atom is 0.251 e. The number of fused-ring (bicyclic) bond motifs is 1. The van der Waals surface area contributed by atoms with E-state index in [9.17, 15) is 4.79 Å². The number of aryl methyl sites for hydroxylation is 2. The number of H-pyrrole nitrogens is 1. The molecule has 0 fully saturated rings. The van der Waals surface area contributed by atoms with E-state index in [-0.39, 0.29) is 5.91 Å². The van der Waals surface area contributed by atoms with Crippen molar-refractivity contribution < 1.29 is 4.79 Å². The van der Waals surface area contributed by atoms with Gasteiger partial charge in [-0.3, -0.25) is 4.79 Å². The number of carbonyl (C=O) groups excluding carboxylic acids is 1. The molecule has 0 aliphatic heterocycles. The molecule has 0 bridgehead atoms. The summed E-state index contributed by atoms with van der Waals surface area (Å²) in [5.41, 5.74) is 5.24. The fraction of sp³-hybridized carbons (Fsp3) is 0.333. The van der Waals surface area contributed by atoms with Crippen LogP contribution in [0.15, 0.2) is 30.7 Å². The molecule has 3 rings (SSSR count). The number of aromatic nitrogens is 4. The second kappa shape index (κ2) is 7.21. The normalized spacial score (nSPS) is 10.9. The van der Waals surface area contributed by atoms with E-state index < -0.39 is 0 Å². The molecule has 24 heavy (non-hydrogen) atoms. The maximum atomic E-state index is 12.3. The molecule has 0 radical (unpaired) electrons. The third kappa shape index (κ3) is 3.42. The zero-order valence-electron chi connectivity index (χ0n) is 14.0. The third-order valence-electron chi connectivity index (χ3n) is 3.99. The average Bonchev–Trinajstić information content (AvgIpc) is 3.13. The first-order valence-corrected chi connectivity index (χ1v) is 8.26. The summed E-state index contributed by atoms with van der Waals surface area (Å²) in [6, 6.07) is 5.48. The van der Waals surface area contributed by atoms with Crippen molar-refractivity contribution in [3.8, 4) is 0 Å². The molecule has 6 heteroatoms. The van der Waals surface area contributed by atoms with E-state index >= 15 is 0 Å². The van der Waals surface area contributed by atoms with Crippen LogP contribution in [0.4, 0.5) is 0 Å². The monoisotopic (exact) mass is 323 g/mol. The molecular weight excluding hydrogens is 302 g/mol. The minimum Gasteiger partial charge on any atom is -0.352 e. The Hall–Kier alpha value is -2.76. The number of carbonyl (C=O) groups is 1. The zero-order chi connectivity index (χ0) is 16.9. The van der Waals surface area contributed by atoms with Gasteiger partial charge in [0.2, 0.25) is 0 Å². The molecule has 0 aliphatic rings. The Morgan fingerprint density at radius 3 is 2.54 bits per heavy atom. The average molecular weight is 323 g/mol. The van der Waals surface area contributed by atoms with Gasteiger partial charge in [-0.15, -0.1) is 0 Å². The van der Waals surface area contributed by atoms with E-state index in [2.05, 4.69) is 39.1 Å². The first kappa shape index (κ1) is 16.1. The van der Waals surface area contributed by atoms with Crippen molar-refractivity contribution in [2.45, 2.75) is 33.1 Å². The highest BCUT2D eigenvalue weighted by atomic mass is 16.1. The lowest BCUT2D eigenvalue weighted by atomic mass is 10.1. The first-order chi connectivity index (χ1) is 11.7. The van der Waals surface area contributed by atoms with Crippen molar-refractivity contribution in [2.24, 2.45) is 0 Å². The molecule has 6 nitrogen and oxygen atoms in total. The molecule has 1 amide bonds. The van der Waals surface area contributed by atoms with Gasteiger partial charge in [-0.05, 0) is 31.0 Å². The predicted molar refractivity (Wildman–Crippen MR) is 92.9 cm³/mol. The number of imidazole rings is 1. The van der Waals surface area contributed by atoms with E-state index in [0.717, 1.165) is 47.4 Å². The van der Waals surface area contributed by atoms with Crippen molar-refractivity contribution in [3.63, 3.8) is 0 Å². The van der Waals surface area contributed by atoms with Gasteiger partial charge in [-0.2, -0.15) is 0 Å². The SMILES string of the molecule is CCc1nc2ccc(C(=O)NCCc3cnc[nH]3)cc2nc1CC. The largest absolute Gasteiger partial charge is 0.352 e. The fourth-order valence-corrected chi connectivity index (χ4v) is 2.67. The number of amides is 1. The summed E-state index contributed by atoms with van der Waals surface area (Å²) in [5, 5.41) is 2.92. The molecule has 0 unspecified atom stereocenters. The summed E-state index contributed by atoms with van der Waals surface area (Å²) >= 11 is 0. The van der Waals surface area contributed by atoms with Gasteiger partial charge in [-0.1, -0.05) is 13.8 Å². The van der Waals surface area contributed by atoms with E-state index in [1.807, 2.05) is 12.1 Å². The second-order valence-corrected chi connectivity index (χ2v) is 5.61. The van der Waals surface area contributed by atoms with Gasteiger partial charge < -0.3 is 10.3 Å². The summed E-state index contributed by atoms with van der Waals surface area (Å²) in [4.78, 5) is 28.6. The van der Waals surface area contributed by atoms with Gasteiger partial charge in [0.15, 0.2) is 0 Å². The number of hydrogen-bond donors (Lipinski definition) is 2. The third-order valence-corrected chi connectivity index (χ3v) is 3.99. The summed E-state index contributed by atoms with van der Waals surface area (Å²) < 4.78 is 0. The van der Waals surface area contributed by atoms with Crippen LogP contribution >= 0.6 is 0 Å². The molecule has 1 aromatic carbocycles. The van der Waals surface area contributed by atoms with E-state index in [0.29, 0.717) is 12.1 Å². The molecule has 2 N–H and O–H groups in total. The van der Waals surface area contributed by atoms with Crippen molar-refractivity contribution in [1.82, 2.24) is 25.3 Å². The molecule has 0 atom stereocenters. The van der Waals surface area contributed by atoms with E-state index in [4.69, 9.17) is 0 Å². The first-order valence-electron chi connectivity index (χ1n) is 8.26. The highest BCUT2D eigenvalue weighted by Crippen LogP contribution is 2.16. The van der Waals surface area contributed by atoms with Crippen LogP contribution in [0.2, 0.25) is 0 Å². The quantitative estimate of drug-likeness (QED) is 0.730. The van der Waals surface area contributed by atoms with Crippen molar-refractivity contribution in [3.05, 3.63) is 53.4 Å². The Morgan fingerprint density at radius 1 is 1.12 bits per heavy atom. The fourth-order valence-electron chi connectivity index (χ4n) is 2.67. The minimum absolute atomic E-state index is 0.101. The molecule has 2 aromatic heterocycles. The Morgan fingerprint density at radius 2 is 1.88 bits per heavy atom. The summed E-state index contributed by atoms with van der Waals surface area (Å²) in [6.45, 7) is 4.71. The second-order valence-electron chi connectivity index (χ2n) is 5.61. The number of nitrogens with one attached hydrogen (secondary N) is 2. The summed E-state index contributed by atoms with van der Waals surface area (Å²) in [6.07, 6.45) is 5.82. The smallest absolute Gasteiger partial charge is 0.251 e. The predicted octanol–water partition coefficient (Wildman–Crippen LogP) is 2.45. The van der Waals surface area contributed by atoms with Crippen molar-refractivity contribution in [2.75, 3.05) is 6.54 Å². The van der Waals surface area contributed by atoms with Crippen LogP contribution in [0, 0.1) is 0 Å². The van der Waals surface area contributed by atoms with Gasteiger partial charge in [0.05, 0.1) is 28.7 Å². The highest BCUT2D eigenvalue weighted by Gasteiger charge is 2.10. The van der Waals surface area contributed by atoms with Crippen LogP contribution in [0.3, 0.4) is 0 Å². The lowest BCUT2D eigenvalue weighted by Gasteiger charge is -2.08. The number of aromatic amines is 1. The van der Waals surface area contributed by atoms with Crippen LogP contribution in [-0.4, -0.2) is 32.4 Å². The Bertz CT molecular complexity index is 842. The van der Waals surface area contributed by atoms with Gasteiger partial charge in [0.25, 0.3) is 5.91 Å². The minimum atomic E-state index is -0.101. The summed E-state index contributed by atoms with van der Waals surface area (Å²) in [7, 11) is 0. The molecular formula is C18H21N5O. The van der Waals surface area contributed by atoms with Crippen LogP contribution in [0.25, 0.3) is 11.0 Å². The lowest BCUT2D eigenvalue weighted by Crippen LogP contribution is -2.25. The number of nitrogens with zero attached hydrogens (tertiary/aromatic N) is 3. The molecule has 3 aromatic rings. The van der Waals surface area contributed by atoms with Gasteiger partial charge in [0, 0.05) is 30.4 Å². The topological polar surface area (TPSA) is 83.6 Å². The Balaban J connectivity index is 1.75. The molecule has 0 saturated heterocycles. The number of hydrogen-bond acceptors (Lipinski definition) is 4. The number of rotatable bonds is 6. The zero-order valence-corrected chi connectivity index (χ0v) is 14.0. The van der Waals surface area contributed by atoms with Gasteiger partial charge in [-0.25, -0.2) is 15.0 Å². The molecule has 124 valence electrons. The van der Waals surface area contributed by atoms with E-state index in [1.165, 1.54) is 0 Å². The van der Waals surface area contributed by atoms with Crippen LogP contribution in [0.5, 0.6) is 0 Å². The molecule has 2 heterocycles. The number of benzene rings is 1. The Labute approximate surface area is 140 Å². The van der Waals surface area contributed by atoms with Gasteiger partial charge >= 0.3 is 0 Å². The van der Waals surface area contributed by atoms with Crippen LogP contribution < -0.4 is 5.32 Å². The standard InChI is InChI=1S/C18H21N5O/c1-3-14-15(4-2)23-17-9-12(5-6-16(17)22-14)18(24)20-8-7-13-10-19-11-21-13/h5-6,9-11H,3-4,7-8H2,1-2H3,(H,19,21)(H,20,24). The van der Waals surface area contributed by atoms with E-state index in [1.54, 1.807) is 18.6 Å².